The van der Waals surface area contributed by atoms with Gasteiger partial charge in [-0.2, -0.15) is 0 Å². The molecule has 5 rings (SSSR count). The van der Waals surface area contributed by atoms with Crippen LogP contribution in [-0.4, -0.2) is 30.1 Å². The van der Waals surface area contributed by atoms with Gasteiger partial charge in [-0.05, 0) is 47.9 Å². The minimum atomic E-state index is -0.308. The highest BCUT2D eigenvalue weighted by atomic mass is 32.1. The van der Waals surface area contributed by atoms with Crippen molar-refractivity contribution >= 4 is 32.7 Å². The number of aromatic nitrogens is 1. The van der Waals surface area contributed by atoms with Crippen LogP contribution in [0, 0.1) is 5.82 Å². The molecule has 1 saturated heterocycles. The van der Waals surface area contributed by atoms with Crippen molar-refractivity contribution in [2.24, 2.45) is 0 Å². The van der Waals surface area contributed by atoms with Crippen molar-refractivity contribution in [1.29, 1.82) is 0 Å². The van der Waals surface area contributed by atoms with E-state index in [4.69, 9.17) is 4.74 Å². The molecule has 0 unspecified atom stereocenters. The lowest BCUT2D eigenvalue weighted by Crippen LogP contribution is -2.53. The van der Waals surface area contributed by atoms with Crippen molar-refractivity contribution in [2.75, 3.05) is 18.0 Å². The van der Waals surface area contributed by atoms with Crippen LogP contribution in [0.4, 0.5) is 9.52 Å². The summed E-state index contributed by atoms with van der Waals surface area (Å²) in [7, 11) is 0. The van der Waals surface area contributed by atoms with Crippen molar-refractivity contribution in [2.45, 2.75) is 12.5 Å². The van der Waals surface area contributed by atoms with Crippen LogP contribution >= 0.6 is 11.3 Å². The van der Waals surface area contributed by atoms with E-state index in [1.54, 1.807) is 6.07 Å². The third-order valence-electron chi connectivity index (χ3n) is 5.17. The second-order valence-corrected chi connectivity index (χ2v) is 8.41. The summed E-state index contributed by atoms with van der Waals surface area (Å²) in [5, 5.41) is 0.827. The normalized spacial score (nSPS) is 14.0. The van der Waals surface area contributed by atoms with Crippen LogP contribution < -0.4 is 4.90 Å². The topological polar surface area (TPSA) is 42.4 Å². The van der Waals surface area contributed by atoms with Gasteiger partial charge >= 0.3 is 5.97 Å². The third-order valence-corrected chi connectivity index (χ3v) is 6.25. The maximum Gasteiger partial charge on any atom is 0.338 e. The Bertz CT molecular complexity index is 1190. The fourth-order valence-corrected chi connectivity index (χ4v) is 4.51. The summed E-state index contributed by atoms with van der Waals surface area (Å²) in [6, 6.07) is 22.4. The highest BCUT2D eigenvalue weighted by molar-refractivity contribution is 7.22. The van der Waals surface area contributed by atoms with Crippen molar-refractivity contribution in [3.63, 3.8) is 0 Å². The van der Waals surface area contributed by atoms with E-state index < -0.39 is 0 Å². The van der Waals surface area contributed by atoms with Crippen LogP contribution in [0.25, 0.3) is 10.2 Å². The smallest absolute Gasteiger partial charge is 0.338 e. The van der Waals surface area contributed by atoms with Crippen LogP contribution in [0.15, 0.2) is 72.8 Å². The van der Waals surface area contributed by atoms with Crippen LogP contribution in [0.3, 0.4) is 0 Å². The molecule has 1 aromatic heterocycles. The van der Waals surface area contributed by atoms with Crippen LogP contribution in [-0.2, 0) is 11.2 Å². The number of anilines is 1. The number of fused-ring (bicyclic) bond motifs is 1. The average Bonchev–Trinajstić information content (AvgIpc) is 3.14. The summed E-state index contributed by atoms with van der Waals surface area (Å²) >= 11 is 1.45. The molecule has 0 aliphatic carbocycles. The first-order chi connectivity index (χ1) is 14.6. The molecule has 2 heterocycles. The summed E-state index contributed by atoms with van der Waals surface area (Å²) in [6.07, 6.45) is 0.671. The van der Waals surface area contributed by atoms with E-state index in [0.29, 0.717) is 18.7 Å². The van der Waals surface area contributed by atoms with E-state index in [1.165, 1.54) is 29.0 Å². The molecule has 4 nitrogen and oxygen atoms in total. The molecular formula is C24H19FN2O2S. The van der Waals surface area contributed by atoms with Gasteiger partial charge in [0.25, 0.3) is 0 Å². The Morgan fingerprint density at radius 3 is 2.53 bits per heavy atom. The molecule has 1 aliphatic heterocycles. The van der Waals surface area contributed by atoms with Gasteiger partial charge in [-0.3, -0.25) is 0 Å². The number of halogens is 1. The number of hydrogen-bond donors (Lipinski definition) is 0. The summed E-state index contributed by atoms with van der Waals surface area (Å²) in [4.78, 5) is 19.0. The molecule has 0 radical (unpaired) electrons. The molecule has 6 heteroatoms. The van der Waals surface area contributed by atoms with Crippen LogP contribution in [0.5, 0.6) is 0 Å². The van der Waals surface area contributed by atoms with Crippen molar-refractivity contribution < 1.29 is 13.9 Å². The Morgan fingerprint density at radius 2 is 1.77 bits per heavy atom. The summed E-state index contributed by atoms with van der Waals surface area (Å²) < 4.78 is 19.8. The molecule has 0 saturated carbocycles. The molecule has 0 amide bonds. The quantitative estimate of drug-likeness (QED) is 0.424. The molecule has 4 aromatic rings. The zero-order chi connectivity index (χ0) is 20.5. The van der Waals surface area contributed by atoms with E-state index in [-0.39, 0.29) is 17.9 Å². The van der Waals surface area contributed by atoms with Gasteiger partial charge in [0.05, 0.1) is 28.9 Å². The molecular weight excluding hydrogens is 399 g/mol. The van der Waals surface area contributed by atoms with Crippen LogP contribution in [0.1, 0.15) is 21.5 Å². The van der Waals surface area contributed by atoms with Crippen molar-refractivity contribution in [3.8, 4) is 0 Å². The van der Waals surface area contributed by atoms with Gasteiger partial charge < -0.3 is 9.64 Å². The molecule has 0 N–H and O–H groups in total. The number of rotatable bonds is 5. The van der Waals surface area contributed by atoms with Gasteiger partial charge in [-0.25, -0.2) is 14.2 Å². The van der Waals surface area contributed by atoms with Gasteiger partial charge in [0.15, 0.2) is 5.13 Å². The first-order valence-corrected chi connectivity index (χ1v) is 10.6. The molecule has 0 atom stereocenters. The standard InChI is InChI=1S/C24H19FN2O2S/c25-19-10-11-21-22(13-19)30-24(26-21)27-14-20(15-27)29-23(28)18-8-6-17(7-9-18)12-16-4-2-1-3-5-16/h1-11,13,20H,12,14-15H2. The molecule has 1 fully saturated rings. The number of benzene rings is 3. The number of ether oxygens (including phenoxy) is 1. The number of nitrogens with zero attached hydrogens (tertiary/aromatic N) is 2. The van der Waals surface area contributed by atoms with E-state index >= 15 is 0 Å². The van der Waals surface area contributed by atoms with Gasteiger partial charge in [0.2, 0.25) is 0 Å². The third kappa shape index (κ3) is 3.91. The second kappa shape index (κ2) is 7.88. The molecule has 3 aromatic carbocycles. The molecule has 0 bridgehead atoms. The highest BCUT2D eigenvalue weighted by Crippen LogP contribution is 2.32. The number of thiazole rings is 1. The zero-order valence-corrected chi connectivity index (χ0v) is 16.9. The number of esters is 1. The van der Waals surface area contributed by atoms with Crippen molar-refractivity contribution in [3.05, 3.63) is 95.3 Å². The monoisotopic (exact) mass is 418 g/mol. The Kier molecular flexibility index (Phi) is 4.93. The van der Waals surface area contributed by atoms with E-state index in [2.05, 4.69) is 17.1 Å². The Labute approximate surface area is 177 Å². The SMILES string of the molecule is O=C(OC1CN(c2nc3ccc(F)cc3s2)C1)c1ccc(Cc2ccccc2)cc1. The second-order valence-electron chi connectivity index (χ2n) is 7.40. The lowest BCUT2D eigenvalue weighted by atomic mass is 10.0. The molecule has 1 aliphatic rings. The van der Waals surface area contributed by atoms with Gasteiger partial charge in [0, 0.05) is 0 Å². The zero-order valence-electron chi connectivity index (χ0n) is 16.1. The maximum absolute atomic E-state index is 13.4. The minimum absolute atomic E-state index is 0.162. The first-order valence-electron chi connectivity index (χ1n) is 9.79. The maximum atomic E-state index is 13.4. The lowest BCUT2D eigenvalue weighted by Gasteiger charge is -2.38. The average molecular weight is 418 g/mol. The predicted molar refractivity (Wildman–Crippen MR) is 117 cm³/mol. The van der Waals surface area contributed by atoms with E-state index in [0.717, 1.165) is 27.3 Å². The minimum Gasteiger partial charge on any atom is -0.455 e. The lowest BCUT2D eigenvalue weighted by molar-refractivity contribution is 0.0234. The van der Waals surface area contributed by atoms with E-state index in [9.17, 15) is 9.18 Å². The summed E-state index contributed by atoms with van der Waals surface area (Å²) in [5.41, 5.74) is 3.73. The molecule has 150 valence electrons. The van der Waals surface area contributed by atoms with Crippen LogP contribution in [0.2, 0.25) is 0 Å². The van der Waals surface area contributed by atoms with Gasteiger partial charge in [0.1, 0.15) is 11.9 Å². The number of carbonyl (C=O) groups is 1. The number of carbonyl (C=O) groups excluding carboxylic acids is 1. The van der Waals surface area contributed by atoms with Gasteiger partial charge in [-0.1, -0.05) is 53.8 Å². The predicted octanol–water partition coefficient (Wildman–Crippen LogP) is 5.07. The fraction of sp³-hybridized carbons (Fsp3) is 0.167. The largest absolute Gasteiger partial charge is 0.455 e. The fourth-order valence-electron chi connectivity index (χ4n) is 3.50. The number of hydrogen-bond acceptors (Lipinski definition) is 5. The Morgan fingerprint density at radius 1 is 1.03 bits per heavy atom. The summed E-state index contributed by atoms with van der Waals surface area (Å²) in [5.74, 6) is -0.569. The Balaban J connectivity index is 1.16. The molecule has 0 spiro atoms. The van der Waals surface area contributed by atoms with E-state index in [1.807, 2.05) is 47.4 Å². The first kappa shape index (κ1) is 18.8. The summed E-state index contributed by atoms with van der Waals surface area (Å²) in [6.45, 7) is 1.19. The van der Waals surface area contributed by atoms with Gasteiger partial charge in [-0.15, -0.1) is 0 Å². The Hall–Kier alpha value is -3.25. The van der Waals surface area contributed by atoms with Crippen molar-refractivity contribution in [1.82, 2.24) is 4.98 Å². The highest BCUT2D eigenvalue weighted by Gasteiger charge is 2.32. The molecule has 30 heavy (non-hydrogen) atoms.